The first kappa shape index (κ1) is 22.0. The molecule has 1 rings (SSSR count). The van der Waals surface area contributed by atoms with Crippen LogP contribution < -0.4 is 0 Å². The molecule has 0 heterocycles. The van der Waals surface area contributed by atoms with Crippen LogP contribution in [0.15, 0.2) is 0 Å². The first-order chi connectivity index (χ1) is 11.1. The van der Waals surface area contributed by atoms with Crippen molar-refractivity contribution in [1.29, 1.82) is 0 Å². The van der Waals surface area contributed by atoms with E-state index < -0.39 is 0 Å². The van der Waals surface area contributed by atoms with Gasteiger partial charge in [-0.15, -0.1) is 0 Å². The van der Waals surface area contributed by atoms with Gasteiger partial charge in [0, 0.05) is 0 Å². The minimum absolute atomic E-state index is 0.829. The molecule has 0 spiro atoms. The van der Waals surface area contributed by atoms with E-state index in [-0.39, 0.29) is 0 Å². The van der Waals surface area contributed by atoms with Gasteiger partial charge in [0.2, 0.25) is 0 Å². The van der Waals surface area contributed by atoms with Gasteiger partial charge in [0.05, 0.1) is 0 Å². The maximum atomic E-state index is 2.57. The highest BCUT2D eigenvalue weighted by Gasteiger charge is 2.38. The van der Waals surface area contributed by atoms with Crippen LogP contribution in [0.25, 0.3) is 0 Å². The summed E-state index contributed by atoms with van der Waals surface area (Å²) in [4.78, 5) is 0. The lowest BCUT2D eigenvalue weighted by atomic mass is 9.60. The monoisotopic (exact) mass is 336 g/mol. The summed E-state index contributed by atoms with van der Waals surface area (Å²) in [5, 5.41) is 0. The van der Waals surface area contributed by atoms with Crippen LogP contribution in [0.1, 0.15) is 94.9 Å². The Balaban J connectivity index is 2.61. The smallest absolute Gasteiger partial charge is 0.0334 e. The zero-order valence-electron chi connectivity index (χ0n) is 18.6. The molecule has 1 saturated carbocycles. The highest BCUT2D eigenvalue weighted by Crippen LogP contribution is 2.46. The van der Waals surface area contributed by atoms with Gasteiger partial charge in [-0.05, 0) is 72.0 Å². The van der Waals surface area contributed by atoms with E-state index in [9.17, 15) is 0 Å². The van der Waals surface area contributed by atoms with Crippen LogP contribution in [0.3, 0.4) is 0 Å². The summed E-state index contributed by atoms with van der Waals surface area (Å²) in [7, 11) is 0. The third-order valence-electron chi connectivity index (χ3n) is 8.24. The van der Waals surface area contributed by atoms with E-state index in [4.69, 9.17) is 0 Å². The fourth-order valence-electron chi connectivity index (χ4n) is 5.75. The van der Waals surface area contributed by atoms with Gasteiger partial charge in [-0.2, -0.15) is 0 Å². The molecule has 0 N–H and O–H groups in total. The predicted molar refractivity (Wildman–Crippen MR) is 110 cm³/mol. The summed E-state index contributed by atoms with van der Waals surface area (Å²) < 4.78 is 0. The summed E-state index contributed by atoms with van der Waals surface area (Å²) in [5.74, 6) is 8.79. The van der Waals surface area contributed by atoms with Crippen molar-refractivity contribution in [2.24, 2.45) is 59.2 Å². The van der Waals surface area contributed by atoms with E-state index in [2.05, 4.69) is 69.2 Å². The van der Waals surface area contributed by atoms with Crippen LogP contribution >= 0.6 is 0 Å². The number of hydrogen-bond donors (Lipinski definition) is 0. The predicted octanol–water partition coefficient (Wildman–Crippen LogP) is 7.92. The molecule has 0 aliphatic heterocycles. The minimum Gasteiger partial charge on any atom is -0.0625 e. The standard InChI is InChI=1S/C24H48/c1-15(2)17(4)11-12-18(5)21(8)22(9)23(10)24-19(6)13-16(3)14-20(24)7/h15-24H,11-14H2,1-10H3. The van der Waals surface area contributed by atoms with Crippen molar-refractivity contribution in [3.63, 3.8) is 0 Å². The molecule has 0 amide bonds. The SMILES string of the molecule is CC1CC(C)C(C(C)C(C)C(C)C(C)CCC(C)C(C)C)C(C)C1. The molecule has 1 aliphatic carbocycles. The van der Waals surface area contributed by atoms with Crippen LogP contribution in [0.5, 0.6) is 0 Å². The minimum atomic E-state index is 0.829. The average molecular weight is 337 g/mol. The third kappa shape index (κ3) is 5.77. The zero-order chi connectivity index (χ0) is 18.6. The largest absolute Gasteiger partial charge is 0.0625 e. The van der Waals surface area contributed by atoms with Gasteiger partial charge in [-0.1, -0.05) is 82.1 Å². The molecule has 24 heavy (non-hydrogen) atoms. The van der Waals surface area contributed by atoms with Crippen molar-refractivity contribution < 1.29 is 0 Å². The second-order valence-corrected chi connectivity index (χ2v) is 10.5. The second-order valence-electron chi connectivity index (χ2n) is 10.5. The van der Waals surface area contributed by atoms with E-state index in [1.165, 1.54) is 25.7 Å². The lowest BCUT2D eigenvalue weighted by Crippen LogP contribution is -2.38. The Kier molecular flexibility index (Phi) is 8.84. The Morgan fingerprint density at radius 1 is 0.667 bits per heavy atom. The van der Waals surface area contributed by atoms with Gasteiger partial charge in [-0.3, -0.25) is 0 Å². The Morgan fingerprint density at radius 2 is 1.12 bits per heavy atom. The number of hydrogen-bond acceptors (Lipinski definition) is 0. The average Bonchev–Trinajstić information content (AvgIpc) is 2.49. The van der Waals surface area contributed by atoms with Crippen LogP contribution in [0.2, 0.25) is 0 Å². The van der Waals surface area contributed by atoms with Crippen LogP contribution in [-0.4, -0.2) is 0 Å². The lowest BCUT2D eigenvalue weighted by Gasteiger charge is -2.45. The second kappa shape index (κ2) is 9.63. The fourth-order valence-corrected chi connectivity index (χ4v) is 5.75. The molecule has 0 aromatic rings. The van der Waals surface area contributed by atoms with Crippen LogP contribution in [-0.2, 0) is 0 Å². The van der Waals surface area contributed by atoms with Crippen LogP contribution in [0.4, 0.5) is 0 Å². The van der Waals surface area contributed by atoms with Gasteiger partial charge in [0.25, 0.3) is 0 Å². The molecular weight excluding hydrogens is 288 g/mol. The molecule has 0 heteroatoms. The van der Waals surface area contributed by atoms with Crippen molar-refractivity contribution in [2.45, 2.75) is 94.9 Å². The van der Waals surface area contributed by atoms with Crippen molar-refractivity contribution >= 4 is 0 Å². The quantitative estimate of drug-likeness (QED) is 0.422. The zero-order valence-corrected chi connectivity index (χ0v) is 18.6. The first-order valence-corrected chi connectivity index (χ1v) is 11.1. The topological polar surface area (TPSA) is 0 Å². The molecule has 0 saturated heterocycles. The lowest BCUT2D eigenvalue weighted by molar-refractivity contribution is 0.0409. The van der Waals surface area contributed by atoms with Gasteiger partial charge in [0.15, 0.2) is 0 Å². The third-order valence-corrected chi connectivity index (χ3v) is 8.24. The van der Waals surface area contributed by atoms with Gasteiger partial charge in [0.1, 0.15) is 0 Å². The Labute approximate surface area is 154 Å². The van der Waals surface area contributed by atoms with Crippen molar-refractivity contribution in [3.05, 3.63) is 0 Å². The maximum Gasteiger partial charge on any atom is -0.0334 e. The maximum absolute atomic E-state index is 2.57. The van der Waals surface area contributed by atoms with E-state index in [0.29, 0.717) is 0 Å². The summed E-state index contributed by atoms with van der Waals surface area (Å²) in [6.45, 7) is 24.8. The first-order valence-electron chi connectivity index (χ1n) is 11.1. The van der Waals surface area contributed by atoms with E-state index in [1.807, 2.05) is 0 Å². The summed E-state index contributed by atoms with van der Waals surface area (Å²) >= 11 is 0. The summed E-state index contributed by atoms with van der Waals surface area (Å²) in [6.07, 6.45) is 5.70. The molecule has 0 nitrogen and oxygen atoms in total. The van der Waals surface area contributed by atoms with E-state index in [0.717, 1.165) is 59.2 Å². The molecule has 1 fully saturated rings. The van der Waals surface area contributed by atoms with E-state index in [1.54, 1.807) is 0 Å². The van der Waals surface area contributed by atoms with Crippen molar-refractivity contribution in [2.75, 3.05) is 0 Å². The van der Waals surface area contributed by atoms with Gasteiger partial charge < -0.3 is 0 Å². The van der Waals surface area contributed by atoms with Gasteiger partial charge in [-0.25, -0.2) is 0 Å². The number of rotatable bonds is 8. The summed E-state index contributed by atoms with van der Waals surface area (Å²) in [6, 6.07) is 0. The molecule has 144 valence electrons. The summed E-state index contributed by atoms with van der Waals surface area (Å²) in [5.41, 5.74) is 0. The highest BCUT2D eigenvalue weighted by atomic mass is 14.4. The molecular formula is C24H48. The Bertz CT molecular complexity index is 332. The Morgan fingerprint density at radius 3 is 1.58 bits per heavy atom. The molecule has 0 aromatic heterocycles. The highest BCUT2D eigenvalue weighted by molar-refractivity contribution is 4.87. The molecule has 0 aromatic carbocycles. The fraction of sp³-hybridized carbons (Fsp3) is 1.00. The Hall–Kier alpha value is 0. The van der Waals surface area contributed by atoms with Crippen LogP contribution in [0, 0.1) is 59.2 Å². The van der Waals surface area contributed by atoms with E-state index >= 15 is 0 Å². The molecule has 0 bridgehead atoms. The molecule has 0 radical (unpaired) electrons. The van der Waals surface area contributed by atoms with Crippen molar-refractivity contribution in [1.82, 2.24) is 0 Å². The molecule has 1 aliphatic rings. The normalized spacial score (nSPS) is 34.6. The van der Waals surface area contributed by atoms with Crippen molar-refractivity contribution in [3.8, 4) is 0 Å². The molecule has 7 unspecified atom stereocenters. The molecule has 7 atom stereocenters. The van der Waals surface area contributed by atoms with Gasteiger partial charge >= 0.3 is 0 Å².